The minimum Gasteiger partial charge on any atom is -0.481 e. The number of aliphatic carboxylic acids is 1. The Kier molecular flexibility index (Phi) is 6.55. The van der Waals surface area contributed by atoms with Crippen LogP contribution in [0.5, 0.6) is 0 Å². The molecule has 1 amide bonds. The molecule has 1 N–H and O–H groups in total. The predicted molar refractivity (Wildman–Crippen MR) is 132 cm³/mol. The van der Waals surface area contributed by atoms with E-state index >= 15 is 0 Å². The van der Waals surface area contributed by atoms with Crippen LogP contribution in [0.2, 0.25) is 0 Å². The first-order valence-electron chi connectivity index (χ1n) is 12.0. The fourth-order valence-electron chi connectivity index (χ4n) is 5.22. The molecule has 1 atom stereocenters. The van der Waals surface area contributed by atoms with Crippen molar-refractivity contribution in [3.63, 3.8) is 0 Å². The molecule has 0 radical (unpaired) electrons. The molecule has 0 fully saturated rings. The highest BCUT2D eigenvalue weighted by Crippen LogP contribution is 2.33. The third kappa shape index (κ3) is 4.87. The number of amides is 1. The van der Waals surface area contributed by atoms with Crippen LogP contribution in [0, 0.1) is 11.6 Å². The van der Waals surface area contributed by atoms with E-state index in [2.05, 4.69) is 4.57 Å². The van der Waals surface area contributed by atoms with E-state index < -0.39 is 5.97 Å². The van der Waals surface area contributed by atoms with Gasteiger partial charge in [-0.05, 0) is 59.9 Å². The second-order valence-electron chi connectivity index (χ2n) is 9.27. The Labute approximate surface area is 207 Å². The first kappa shape index (κ1) is 23.7. The van der Waals surface area contributed by atoms with Crippen LogP contribution in [0.3, 0.4) is 0 Å². The summed E-state index contributed by atoms with van der Waals surface area (Å²) < 4.78 is 29.0. The third-order valence-corrected chi connectivity index (χ3v) is 6.93. The Morgan fingerprint density at radius 3 is 2.19 bits per heavy atom. The van der Waals surface area contributed by atoms with Gasteiger partial charge in [0.15, 0.2) is 0 Å². The number of benzene rings is 3. The summed E-state index contributed by atoms with van der Waals surface area (Å²) in [7, 11) is 0. The van der Waals surface area contributed by atoms with Crippen LogP contribution in [0.15, 0.2) is 72.8 Å². The number of rotatable bonds is 7. The number of fused-ring (bicyclic) bond motifs is 3. The molecule has 7 heteroatoms. The third-order valence-electron chi connectivity index (χ3n) is 6.93. The monoisotopic (exact) mass is 488 g/mol. The molecule has 0 saturated heterocycles. The van der Waals surface area contributed by atoms with Crippen LogP contribution in [0.4, 0.5) is 8.78 Å². The maximum atomic E-state index is 13.6. The lowest BCUT2D eigenvalue weighted by atomic mass is 9.98. The summed E-state index contributed by atoms with van der Waals surface area (Å²) in [6.45, 7) is 0.854. The van der Waals surface area contributed by atoms with Crippen molar-refractivity contribution in [2.24, 2.45) is 0 Å². The molecule has 5 nitrogen and oxygen atoms in total. The molecule has 2 heterocycles. The first-order chi connectivity index (χ1) is 17.4. The number of nitrogens with zero attached hydrogens (tertiary/aromatic N) is 2. The number of halogens is 2. The topological polar surface area (TPSA) is 62.5 Å². The van der Waals surface area contributed by atoms with Gasteiger partial charge in [-0.1, -0.05) is 42.5 Å². The summed E-state index contributed by atoms with van der Waals surface area (Å²) in [6, 6.07) is 19.7. The van der Waals surface area contributed by atoms with Gasteiger partial charge >= 0.3 is 5.97 Å². The van der Waals surface area contributed by atoms with Crippen molar-refractivity contribution in [3.8, 4) is 0 Å². The Balaban J connectivity index is 1.48. The number of carboxylic acids is 1. The van der Waals surface area contributed by atoms with Crippen molar-refractivity contribution >= 4 is 22.8 Å². The standard InChI is InChI=1S/C29H26F2N2O3/c30-21-9-5-19(6-10-21)15-28(34)32(17-20-7-11-22(31)12-8-20)23-13-14-27-25(16-29(35)36)24-3-1-2-4-26(24)33(27)18-23/h1-12,23H,13-18H2,(H,35,36)/t23-/m1/s1. The second kappa shape index (κ2) is 9.93. The van der Waals surface area contributed by atoms with Crippen molar-refractivity contribution in [3.05, 3.63) is 107 Å². The van der Waals surface area contributed by atoms with Gasteiger partial charge in [0.25, 0.3) is 0 Å². The summed E-state index contributed by atoms with van der Waals surface area (Å²) in [6.07, 6.45) is 1.41. The summed E-state index contributed by atoms with van der Waals surface area (Å²) in [5.41, 5.74) is 4.33. The molecular weight excluding hydrogens is 462 g/mol. The lowest BCUT2D eigenvalue weighted by Gasteiger charge is -2.36. The number of para-hydroxylation sites is 1. The van der Waals surface area contributed by atoms with Crippen LogP contribution in [0.25, 0.3) is 10.9 Å². The predicted octanol–water partition coefficient (Wildman–Crippen LogP) is 5.13. The summed E-state index contributed by atoms with van der Waals surface area (Å²) >= 11 is 0. The van der Waals surface area contributed by atoms with Gasteiger partial charge in [-0.15, -0.1) is 0 Å². The molecule has 5 rings (SSSR count). The molecule has 184 valence electrons. The van der Waals surface area contributed by atoms with Gasteiger partial charge in [-0.3, -0.25) is 9.59 Å². The van der Waals surface area contributed by atoms with Crippen LogP contribution in [0.1, 0.15) is 28.8 Å². The van der Waals surface area contributed by atoms with Crippen molar-refractivity contribution in [1.82, 2.24) is 9.47 Å². The van der Waals surface area contributed by atoms with Crippen LogP contribution >= 0.6 is 0 Å². The minimum atomic E-state index is -0.872. The number of carbonyl (C=O) groups excluding carboxylic acids is 1. The minimum absolute atomic E-state index is 0.0453. The van der Waals surface area contributed by atoms with E-state index in [9.17, 15) is 23.5 Å². The highest BCUT2D eigenvalue weighted by molar-refractivity contribution is 5.89. The number of hydrogen-bond donors (Lipinski definition) is 1. The zero-order valence-electron chi connectivity index (χ0n) is 19.7. The molecule has 4 aromatic rings. The van der Waals surface area contributed by atoms with Gasteiger partial charge in [0.2, 0.25) is 5.91 Å². The Morgan fingerprint density at radius 2 is 1.53 bits per heavy atom. The molecule has 0 spiro atoms. The van der Waals surface area contributed by atoms with Gasteiger partial charge in [0.05, 0.1) is 18.9 Å². The molecule has 0 unspecified atom stereocenters. The highest BCUT2D eigenvalue weighted by Gasteiger charge is 2.31. The molecule has 0 aliphatic carbocycles. The average Bonchev–Trinajstić information content (AvgIpc) is 3.17. The number of aromatic nitrogens is 1. The summed E-state index contributed by atoms with van der Waals surface area (Å²) in [5, 5.41) is 10.4. The number of carbonyl (C=O) groups is 2. The van der Waals surface area contributed by atoms with Crippen molar-refractivity contribution in [2.45, 2.75) is 44.8 Å². The average molecular weight is 489 g/mol. The van der Waals surface area contributed by atoms with E-state index in [1.807, 2.05) is 29.2 Å². The fourth-order valence-corrected chi connectivity index (χ4v) is 5.22. The van der Waals surface area contributed by atoms with Crippen LogP contribution in [-0.2, 0) is 41.9 Å². The van der Waals surface area contributed by atoms with Gasteiger partial charge in [-0.2, -0.15) is 0 Å². The van der Waals surface area contributed by atoms with E-state index in [0.29, 0.717) is 25.9 Å². The quantitative estimate of drug-likeness (QED) is 0.392. The first-order valence-corrected chi connectivity index (χ1v) is 12.0. The lowest BCUT2D eigenvalue weighted by Crippen LogP contribution is -2.45. The molecule has 3 aromatic carbocycles. The van der Waals surface area contributed by atoms with Crippen LogP contribution < -0.4 is 0 Å². The largest absolute Gasteiger partial charge is 0.481 e. The van der Waals surface area contributed by atoms with E-state index in [0.717, 1.165) is 33.3 Å². The van der Waals surface area contributed by atoms with Gasteiger partial charge in [0.1, 0.15) is 11.6 Å². The van der Waals surface area contributed by atoms with Crippen molar-refractivity contribution in [1.29, 1.82) is 0 Å². The number of carboxylic acid groups (broad SMARTS) is 1. The smallest absolute Gasteiger partial charge is 0.307 e. The Morgan fingerprint density at radius 1 is 0.889 bits per heavy atom. The van der Waals surface area contributed by atoms with Gasteiger partial charge in [-0.25, -0.2) is 8.78 Å². The summed E-state index contributed by atoms with van der Waals surface area (Å²) in [5.74, 6) is -1.66. The van der Waals surface area contributed by atoms with Crippen LogP contribution in [-0.4, -0.2) is 32.5 Å². The molecular formula is C29H26F2N2O3. The van der Waals surface area contributed by atoms with E-state index in [-0.39, 0.29) is 36.4 Å². The van der Waals surface area contributed by atoms with E-state index in [1.54, 1.807) is 24.3 Å². The second-order valence-corrected chi connectivity index (χ2v) is 9.27. The van der Waals surface area contributed by atoms with Crippen molar-refractivity contribution < 1.29 is 23.5 Å². The van der Waals surface area contributed by atoms with Gasteiger partial charge < -0.3 is 14.6 Å². The zero-order chi connectivity index (χ0) is 25.2. The van der Waals surface area contributed by atoms with Gasteiger partial charge in [0, 0.05) is 29.7 Å². The number of hydrogen-bond acceptors (Lipinski definition) is 2. The highest BCUT2D eigenvalue weighted by atomic mass is 19.1. The molecule has 1 aromatic heterocycles. The maximum Gasteiger partial charge on any atom is 0.307 e. The Hall–Kier alpha value is -4.00. The molecule has 0 bridgehead atoms. The van der Waals surface area contributed by atoms with E-state index in [1.165, 1.54) is 24.3 Å². The normalized spacial score (nSPS) is 15.0. The maximum absolute atomic E-state index is 13.6. The van der Waals surface area contributed by atoms with E-state index in [4.69, 9.17) is 0 Å². The Bertz CT molecular complexity index is 1410. The fraction of sp³-hybridized carbons (Fsp3) is 0.241. The zero-order valence-corrected chi connectivity index (χ0v) is 19.7. The molecule has 1 aliphatic heterocycles. The SMILES string of the molecule is O=C(O)Cc1c2n(c3ccccc13)C[C@H](N(Cc1ccc(F)cc1)C(=O)Cc1ccc(F)cc1)CC2. The molecule has 36 heavy (non-hydrogen) atoms. The summed E-state index contributed by atoms with van der Waals surface area (Å²) in [4.78, 5) is 27.0. The lowest BCUT2D eigenvalue weighted by molar-refractivity contribution is -0.136. The molecule has 0 saturated carbocycles. The molecule has 1 aliphatic rings. The van der Waals surface area contributed by atoms with Crippen molar-refractivity contribution in [2.75, 3.05) is 0 Å².